The molecule has 148 valence electrons. The average Bonchev–Trinajstić information content (AvgIpc) is 3.30. The largest absolute Gasteiger partial charge is 0.333 e. The predicted molar refractivity (Wildman–Crippen MR) is 110 cm³/mol. The molecular weight excluding hydrogens is 372 g/mol. The second-order valence-corrected chi connectivity index (χ2v) is 9.05. The molecule has 3 aromatic rings. The minimum absolute atomic E-state index is 0.0656. The number of hydrogen-bond acceptors (Lipinski definition) is 6. The second kappa shape index (κ2) is 6.77. The van der Waals surface area contributed by atoms with Crippen molar-refractivity contribution in [2.45, 2.75) is 46.0 Å². The molecule has 3 aromatic heterocycles. The molecule has 1 atom stereocenters. The van der Waals surface area contributed by atoms with Crippen LogP contribution in [0.2, 0.25) is 0 Å². The van der Waals surface area contributed by atoms with Crippen LogP contribution in [0.3, 0.4) is 0 Å². The first kappa shape index (κ1) is 18.0. The first-order valence-corrected chi connectivity index (χ1v) is 11.1. The Labute approximate surface area is 168 Å². The normalized spacial score (nSPS) is 20.8. The Hall–Kier alpha value is -2.06. The molecule has 0 N–H and O–H groups in total. The highest BCUT2D eigenvalue weighted by atomic mass is 32.1. The molecule has 7 nitrogen and oxygen atoms in total. The molecule has 0 aromatic carbocycles. The molecule has 0 bridgehead atoms. The molecule has 1 aliphatic heterocycles. The number of hydrogen-bond donors (Lipinski definition) is 0. The van der Waals surface area contributed by atoms with Gasteiger partial charge in [0.2, 0.25) is 5.82 Å². The van der Waals surface area contributed by atoms with Gasteiger partial charge in [-0.05, 0) is 44.2 Å². The number of piperazine rings is 1. The van der Waals surface area contributed by atoms with Crippen LogP contribution in [0.4, 0.5) is 0 Å². The minimum Gasteiger partial charge on any atom is -0.333 e. The van der Waals surface area contributed by atoms with E-state index in [1.807, 2.05) is 11.8 Å². The summed E-state index contributed by atoms with van der Waals surface area (Å²) in [6.45, 7) is 10.7. The number of amides is 1. The standard InChI is InChI=1S/C20H26N6OS/c1-4-24-8-10-25(11-9-24)20(27)17-22-18-16-15-12(2)6-5-7-14(15)28-19(16)21-13(3)26(18)23-17/h12H,4-11H2,1-3H3/t12-/m1/s1. The van der Waals surface area contributed by atoms with Crippen LogP contribution in [0, 0.1) is 6.92 Å². The van der Waals surface area contributed by atoms with Gasteiger partial charge in [0.25, 0.3) is 5.91 Å². The second-order valence-electron chi connectivity index (χ2n) is 7.97. The molecule has 28 heavy (non-hydrogen) atoms. The molecule has 1 amide bonds. The Balaban J connectivity index is 1.59. The van der Waals surface area contributed by atoms with E-state index in [0.29, 0.717) is 11.7 Å². The third kappa shape index (κ3) is 2.73. The van der Waals surface area contributed by atoms with E-state index in [2.05, 4.69) is 23.8 Å². The third-order valence-corrected chi connectivity index (χ3v) is 7.40. The molecule has 1 aliphatic carbocycles. The van der Waals surface area contributed by atoms with Crippen LogP contribution >= 0.6 is 11.3 Å². The van der Waals surface area contributed by atoms with Crippen LogP contribution in [0.5, 0.6) is 0 Å². The maximum Gasteiger partial charge on any atom is 0.293 e. The van der Waals surface area contributed by atoms with E-state index < -0.39 is 0 Å². The smallest absolute Gasteiger partial charge is 0.293 e. The number of carbonyl (C=O) groups excluding carboxylic acids is 1. The molecule has 0 radical (unpaired) electrons. The van der Waals surface area contributed by atoms with Gasteiger partial charge in [0.1, 0.15) is 10.7 Å². The molecule has 2 aliphatic rings. The summed E-state index contributed by atoms with van der Waals surface area (Å²) in [7, 11) is 0. The van der Waals surface area contributed by atoms with E-state index in [9.17, 15) is 4.79 Å². The van der Waals surface area contributed by atoms with Gasteiger partial charge >= 0.3 is 0 Å². The summed E-state index contributed by atoms with van der Waals surface area (Å²) in [4.78, 5) is 29.3. The van der Waals surface area contributed by atoms with Crippen molar-refractivity contribution in [3.05, 3.63) is 22.1 Å². The van der Waals surface area contributed by atoms with Gasteiger partial charge in [0, 0.05) is 31.1 Å². The van der Waals surface area contributed by atoms with Gasteiger partial charge < -0.3 is 9.80 Å². The fourth-order valence-electron chi connectivity index (χ4n) is 4.59. The van der Waals surface area contributed by atoms with Gasteiger partial charge in [0.15, 0.2) is 5.65 Å². The van der Waals surface area contributed by atoms with E-state index in [0.717, 1.165) is 60.8 Å². The van der Waals surface area contributed by atoms with Crippen molar-refractivity contribution in [1.82, 2.24) is 29.4 Å². The number of aryl methyl sites for hydroxylation is 2. The Bertz CT molecular complexity index is 1060. The van der Waals surface area contributed by atoms with Crippen molar-refractivity contribution in [2.24, 2.45) is 0 Å². The zero-order valence-corrected chi connectivity index (χ0v) is 17.6. The lowest BCUT2D eigenvalue weighted by Crippen LogP contribution is -2.48. The lowest BCUT2D eigenvalue weighted by atomic mass is 9.87. The zero-order chi connectivity index (χ0) is 19.4. The van der Waals surface area contributed by atoms with Gasteiger partial charge in [-0.25, -0.2) is 9.97 Å². The molecular formula is C20H26N6OS. The van der Waals surface area contributed by atoms with Crippen molar-refractivity contribution in [3.8, 4) is 0 Å². The number of likely N-dealkylation sites (N-methyl/N-ethyl adjacent to an activating group) is 1. The molecule has 5 rings (SSSR count). The highest BCUT2D eigenvalue weighted by Gasteiger charge is 2.29. The first-order chi connectivity index (χ1) is 13.6. The summed E-state index contributed by atoms with van der Waals surface area (Å²) in [6.07, 6.45) is 3.55. The van der Waals surface area contributed by atoms with Crippen molar-refractivity contribution in [1.29, 1.82) is 0 Å². The monoisotopic (exact) mass is 398 g/mol. The predicted octanol–water partition coefficient (Wildman–Crippen LogP) is 2.86. The Morgan fingerprint density at radius 1 is 1.21 bits per heavy atom. The summed E-state index contributed by atoms with van der Waals surface area (Å²) in [5.41, 5.74) is 2.18. The number of rotatable bonds is 2. The van der Waals surface area contributed by atoms with Crippen LogP contribution in [0.1, 0.15) is 59.5 Å². The highest BCUT2D eigenvalue weighted by molar-refractivity contribution is 7.19. The summed E-state index contributed by atoms with van der Waals surface area (Å²) < 4.78 is 1.77. The van der Waals surface area contributed by atoms with Crippen molar-refractivity contribution in [3.63, 3.8) is 0 Å². The lowest BCUT2D eigenvalue weighted by molar-refractivity contribution is 0.0631. The number of thiophene rings is 1. The van der Waals surface area contributed by atoms with Crippen LogP contribution < -0.4 is 0 Å². The summed E-state index contributed by atoms with van der Waals surface area (Å²) in [5.74, 6) is 1.52. The van der Waals surface area contributed by atoms with Crippen molar-refractivity contribution >= 4 is 33.1 Å². The number of aromatic nitrogens is 4. The summed E-state index contributed by atoms with van der Waals surface area (Å²) in [5, 5.41) is 5.68. The number of fused-ring (bicyclic) bond motifs is 5. The third-order valence-electron chi connectivity index (χ3n) is 6.24. The molecule has 0 saturated carbocycles. The van der Waals surface area contributed by atoms with Crippen LogP contribution in [0.15, 0.2) is 0 Å². The zero-order valence-electron chi connectivity index (χ0n) is 16.7. The summed E-state index contributed by atoms with van der Waals surface area (Å²) in [6, 6.07) is 0. The molecule has 0 spiro atoms. The van der Waals surface area contributed by atoms with Gasteiger partial charge in [0.05, 0.1) is 5.39 Å². The fourth-order valence-corrected chi connectivity index (χ4v) is 5.96. The topological polar surface area (TPSA) is 66.6 Å². The first-order valence-electron chi connectivity index (χ1n) is 10.3. The van der Waals surface area contributed by atoms with Crippen LogP contribution in [-0.2, 0) is 6.42 Å². The number of carbonyl (C=O) groups is 1. The van der Waals surface area contributed by atoms with E-state index >= 15 is 0 Å². The maximum absolute atomic E-state index is 13.1. The van der Waals surface area contributed by atoms with Crippen LogP contribution in [-0.4, -0.2) is 68.0 Å². The van der Waals surface area contributed by atoms with E-state index in [-0.39, 0.29) is 5.91 Å². The molecule has 1 fully saturated rings. The van der Waals surface area contributed by atoms with Crippen molar-refractivity contribution in [2.75, 3.05) is 32.7 Å². The number of nitrogens with zero attached hydrogens (tertiary/aromatic N) is 6. The van der Waals surface area contributed by atoms with Crippen molar-refractivity contribution < 1.29 is 4.79 Å². The molecule has 0 unspecified atom stereocenters. The highest BCUT2D eigenvalue weighted by Crippen LogP contribution is 2.42. The summed E-state index contributed by atoms with van der Waals surface area (Å²) >= 11 is 1.79. The van der Waals surface area contributed by atoms with Crippen LogP contribution in [0.25, 0.3) is 15.9 Å². The molecule has 8 heteroatoms. The maximum atomic E-state index is 13.1. The van der Waals surface area contributed by atoms with Gasteiger partial charge in [-0.2, -0.15) is 4.52 Å². The molecule has 4 heterocycles. The van der Waals surface area contributed by atoms with Gasteiger partial charge in [-0.3, -0.25) is 4.79 Å². The van der Waals surface area contributed by atoms with E-state index in [1.54, 1.807) is 15.9 Å². The Kier molecular flexibility index (Phi) is 4.35. The Morgan fingerprint density at radius 3 is 2.75 bits per heavy atom. The van der Waals surface area contributed by atoms with Gasteiger partial charge in [-0.1, -0.05) is 13.8 Å². The molecule has 1 saturated heterocycles. The van der Waals surface area contributed by atoms with E-state index in [1.165, 1.54) is 23.3 Å². The Morgan fingerprint density at radius 2 is 2.00 bits per heavy atom. The quantitative estimate of drug-likeness (QED) is 0.664. The minimum atomic E-state index is -0.0656. The van der Waals surface area contributed by atoms with Gasteiger partial charge in [-0.15, -0.1) is 16.4 Å². The SMILES string of the molecule is CCN1CCN(C(=O)c2nc3c4c5c(sc4nc(C)n3n2)CCC[C@H]5C)CC1. The fraction of sp³-hybridized carbons (Fsp3) is 0.600. The van der Waals surface area contributed by atoms with E-state index in [4.69, 9.17) is 9.97 Å². The average molecular weight is 399 g/mol. The lowest BCUT2D eigenvalue weighted by Gasteiger charge is -2.33.